The van der Waals surface area contributed by atoms with Crippen molar-refractivity contribution in [2.45, 2.75) is 37.9 Å². The Kier molecular flexibility index (Phi) is 5.19. The van der Waals surface area contributed by atoms with Gasteiger partial charge in [0.1, 0.15) is 23.9 Å². The van der Waals surface area contributed by atoms with Gasteiger partial charge in [-0.25, -0.2) is 9.97 Å². The van der Waals surface area contributed by atoms with Crippen LogP contribution in [0, 0.1) is 0 Å². The molecule has 0 aromatic carbocycles. The molecule has 0 aliphatic heterocycles. The van der Waals surface area contributed by atoms with Crippen LogP contribution in [0.15, 0.2) is 42.6 Å². The Hall–Kier alpha value is -3.61. The van der Waals surface area contributed by atoms with Crippen LogP contribution in [0.5, 0.6) is 0 Å². The largest absolute Gasteiger partial charge is 0.408 e. The lowest BCUT2D eigenvalue weighted by atomic mass is 10.3. The van der Waals surface area contributed by atoms with Crippen LogP contribution in [0.3, 0.4) is 0 Å². The van der Waals surface area contributed by atoms with Crippen LogP contribution in [0.25, 0.3) is 16.5 Å². The molecular formula is C20H17F3N8OS. The van der Waals surface area contributed by atoms with Crippen molar-refractivity contribution < 1.29 is 18.0 Å². The lowest BCUT2D eigenvalue weighted by molar-refractivity contribution is -0.162. The van der Waals surface area contributed by atoms with E-state index in [1.807, 2.05) is 10.8 Å². The van der Waals surface area contributed by atoms with Gasteiger partial charge in [-0.3, -0.25) is 14.3 Å². The number of hydrogen-bond acceptors (Lipinski definition) is 7. The van der Waals surface area contributed by atoms with Gasteiger partial charge in [0.25, 0.3) is 5.91 Å². The Labute approximate surface area is 189 Å². The van der Waals surface area contributed by atoms with E-state index in [2.05, 4.69) is 30.5 Å². The molecule has 0 radical (unpaired) electrons. The molecule has 13 heteroatoms. The maximum atomic E-state index is 13.1. The number of carbonyl (C=O) groups is 1. The molecule has 0 spiro atoms. The second-order valence-electron chi connectivity index (χ2n) is 7.65. The fourth-order valence-electron chi connectivity index (χ4n) is 3.22. The van der Waals surface area contributed by atoms with Gasteiger partial charge in [-0.05, 0) is 31.9 Å². The van der Waals surface area contributed by atoms with E-state index in [1.54, 1.807) is 18.5 Å². The molecule has 1 aliphatic rings. The lowest BCUT2D eigenvalue weighted by Crippen LogP contribution is -2.23. The molecule has 1 atom stereocenters. The molecule has 1 fully saturated rings. The van der Waals surface area contributed by atoms with Crippen molar-refractivity contribution in [1.29, 1.82) is 0 Å². The van der Waals surface area contributed by atoms with Gasteiger partial charge in [-0.2, -0.15) is 13.2 Å². The van der Waals surface area contributed by atoms with Gasteiger partial charge in [0.15, 0.2) is 10.8 Å². The smallest absolute Gasteiger partial charge is 0.306 e. The summed E-state index contributed by atoms with van der Waals surface area (Å²) in [5.74, 6) is 0.165. The van der Waals surface area contributed by atoms with Crippen LogP contribution >= 0.6 is 11.3 Å². The number of nitrogens with zero attached hydrogens (tertiary/aromatic N) is 7. The fourth-order valence-corrected chi connectivity index (χ4v) is 3.96. The third-order valence-corrected chi connectivity index (χ3v) is 6.11. The van der Waals surface area contributed by atoms with Gasteiger partial charge >= 0.3 is 6.18 Å². The molecule has 1 amide bonds. The monoisotopic (exact) mass is 474 g/mol. The van der Waals surface area contributed by atoms with Crippen LogP contribution in [0.1, 0.15) is 47.9 Å². The van der Waals surface area contributed by atoms with Crippen LogP contribution in [-0.4, -0.2) is 46.4 Å². The van der Waals surface area contributed by atoms with Crippen LogP contribution in [0.2, 0.25) is 0 Å². The normalized spacial score (nSPS) is 14.9. The van der Waals surface area contributed by atoms with Crippen molar-refractivity contribution in [3.8, 4) is 16.5 Å². The summed E-state index contributed by atoms with van der Waals surface area (Å²) < 4.78 is 42.1. The number of pyridine rings is 1. The Morgan fingerprint density at radius 1 is 1.27 bits per heavy atom. The number of rotatable bonds is 6. The molecule has 4 heterocycles. The van der Waals surface area contributed by atoms with Crippen LogP contribution in [0.4, 0.5) is 19.0 Å². The van der Waals surface area contributed by atoms with E-state index in [0.29, 0.717) is 5.92 Å². The second kappa shape index (κ2) is 8.06. The SMILES string of the molecule is CC(n1cnnc1-c1nc(NC(=O)c2cc(-n3cnc(C4CC4)c3)ccn2)cs1)C(F)(F)F. The number of aromatic nitrogens is 7. The molecule has 4 aromatic rings. The summed E-state index contributed by atoms with van der Waals surface area (Å²) >= 11 is 1.05. The molecule has 170 valence electrons. The maximum absolute atomic E-state index is 13.1. The first-order valence-electron chi connectivity index (χ1n) is 10.0. The highest BCUT2D eigenvalue weighted by Gasteiger charge is 2.39. The standard InChI is InChI=1S/C20H17F3N8OS/c1-11(20(21,22)23)31-10-26-29-17(31)19-28-16(8-33-19)27-18(32)14-6-13(4-5-24-14)30-7-15(25-9-30)12-2-3-12/h4-12H,2-3H2,1H3,(H,27,32). The molecule has 0 bridgehead atoms. The lowest BCUT2D eigenvalue weighted by Gasteiger charge is -2.17. The van der Waals surface area contributed by atoms with E-state index in [9.17, 15) is 18.0 Å². The topological polar surface area (TPSA) is 103 Å². The number of thiazole rings is 1. The van der Waals surface area contributed by atoms with Gasteiger partial charge < -0.3 is 9.88 Å². The number of imidazole rings is 1. The quantitative estimate of drug-likeness (QED) is 0.449. The molecule has 1 aliphatic carbocycles. The summed E-state index contributed by atoms with van der Waals surface area (Å²) in [5.41, 5.74) is 1.93. The highest BCUT2D eigenvalue weighted by Crippen LogP contribution is 2.39. The van der Waals surface area contributed by atoms with E-state index in [4.69, 9.17) is 0 Å². The van der Waals surface area contributed by atoms with Gasteiger partial charge in [-0.1, -0.05) is 0 Å². The van der Waals surface area contributed by atoms with E-state index >= 15 is 0 Å². The predicted octanol–water partition coefficient (Wildman–Crippen LogP) is 4.24. The highest BCUT2D eigenvalue weighted by atomic mass is 32.1. The molecule has 33 heavy (non-hydrogen) atoms. The molecular weight excluding hydrogens is 457 g/mol. The Morgan fingerprint density at radius 2 is 2.09 bits per heavy atom. The van der Waals surface area contributed by atoms with Crippen LogP contribution < -0.4 is 5.32 Å². The van der Waals surface area contributed by atoms with Gasteiger partial charge in [0.05, 0.1) is 17.7 Å². The summed E-state index contributed by atoms with van der Waals surface area (Å²) in [4.78, 5) is 25.4. The van der Waals surface area contributed by atoms with E-state index < -0.39 is 18.1 Å². The zero-order valence-electron chi connectivity index (χ0n) is 17.2. The second-order valence-corrected chi connectivity index (χ2v) is 8.51. The summed E-state index contributed by atoms with van der Waals surface area (Å²) in [5, 5.41) is 11.7. The Bertz CT molecular complexity index is 1310. The average molecular weight is 474 g/mol. The fraction of sp³-hybridized carbons (Fsp3) is 0.300. The van der Waals surface area contributed by atoms with Crippen LogP contribution in [-0.2, 0) is 0 Å². The molecule has 1 saturated carbocycles. The Morgan fingerprint density at radius 3 is 2.85 bits per heavy atom. The molecule has 9 nitrogen and oxygen atoms in total. The number of alkyl halides is 3. The number of nitrogens with one attached hydrogen (secondary N) is 1. The van der Waals surface area contributed by atoms with E-state index in [1.165, 1.54) is 11.6 Å². The van der Waals surface area contributed by atoms with Crippen molar-refractivity contribution in [2.24, 2.45) is 0 Å². The summed E-state index contributed by atoms with van der Waals surface area (Å²) in [6.07, 6.45) is 4.00. The van der Waals surface area contributed by atoms with Crippen molar-refractivity contribution in [2.75, 3.05) is 5.32 Å². The van der Waals surface area contributed by atoms with Gasteiger partial charge in [0, 0.05) is 23.7 Å². The number of halogens is 3. The van der Waals surface area contributed by atoms with E-state index in [0.717, 1.165) is 53.4 Å². The molecule has 5 rings (SSSR count). The van der Waals surface area contributed by atoms with Gasteiger partial charge in [-0.15, -0.1) is 21.5 Å². The minimum atomic E-state index is -4.46. The molecule has 0 saturated heterocycles. The molecule has 1 unspecified atom stereocenters. The maximum Gasteiger partial charge on any atom is 0.408 e. The molecule has 1 N–H and O–H groups in total. The zero-order valence-corrected chi connectivity index (χ0v) is 18.0. The van der Waals surface area contributed by atoms with Gasteiger partial charge in [0.2, 0.25) is 0 Å². The van der Waals surface area contributed by atoms with Crippen molar-refractivity contribution >= 4 is 23.1 Å². The third kappa shape index (κ3) is 4.35. The first-order valence-corrected chi connectivity index (χ1v) is 10.9. The highest BCUT2D eigenvalue weighted by molar-refractivity contribution is 7.13. The summed E-state index contributed by atoms with van der Waals surface area (Å²) in [7, 11) is 0. The zero-order chi connectivity index (χ0) is 23.2. The third-order valence-electron chi connectivity index (χ3n) is 5.27. The Balaban J connectivity index is 1.32. The summed E-state index contributed by atoms with van der Waals surface area (Å²) in [6, 6.07) is 1.58. The minimum Gasteiger partial charge on any atom is -0.306 e. The first-order chi connectivity index (χ1) is 15.8. The first kappa shape index (κ1) is 21.2. The minimum absolute atomic E-state index is 0.0305. The number of carbonyl (C=O) groups excluding carboxylic acids is 1. The van der Waals surface area contributed by atoms with Crippen molar-refractivity contribution in [1.82, 2.24) is 34.3 Å². The number of amides is 1. The predicted molar refractivity (Wildman–Crippen MR) is 113 cm³/mol. The number of hydrogen-bond donors (Lipinski definition) is 1. The number of anilines is 1. The summed E-state index contributed by atoms with van der Waals surface area (Å²) in [6.45, 7) is 1.01. The molecule has 4 aromatic heterocycles. The van der Waals surface area contributed by atoms with Crippen molar-refractivity contribution in [3.63, 3.8) is 0 Å². The van der Waals surface area contributed by atoms with Crippen molar-refractivity contribution in [3.05, 3.63) is 53.9 Å². The average Bonchev–Trinajstić information content (AvgIpc) is 3.19. The van der Waals surface area contributed by atoms with E-state index in [-0.39, 0.29) is 22.3 Å².